The van der Waals surface area contributed by atoms with Crippen LogP contribution in [-0.2, 0) is 6.42 Å². The maximum Gasteiger partial charge on any atom is 0.258 e. The Bertz CT molecular complexity index is 1160. The number of carbonyl (C=O) groups excluding carboxylic acids is 1. The highest BCUT2D eigenvalue weighted by molar-refractivity contribution is 6.00. The Hall–Kier alpha value is -3.87. The lowest BCUT2D eigenvalue weighted by molar-refractivity contribution is 0.0691. The normalized spacial score (nSPS) is 15.6. The fourth-order valence-corrected chi connectivity index (χ4v) is 4.05. The lowest BCUT2D eigenvalue weighted by Crippen LogP contribution is -2.40. The predicted octanol–water partition coefficient (Wildman–Crippen LogP) is 3.60. The van der Waals surface area contributed by atoms with Gasteiger partial charge < -0.3 is 14.6 Å². The minimum absolute atomic E-state index is 0.0722. The SMILES string of the molecule is COc1ccc([C@@H]2c3nc[nH]c3CCN2C(=O)c2cn[nH]c2-c2ccccc2)cc1. The van der Waals surface area contributed by atoms with Crippen LogP contribution in [0.15, 0.2) is 67.1 Å². The average Bonchev–Trinajstić information content (AvgIpc) is 3.48. The molecule has 4 aromatic rings. The van der Waals surface area contributed by atoms with Gasteiger partial charge in [0.15, 0.2) is 0 Å². The summed E-state index contributed by atoms with van der Waals surface area (Å²) in [6.07, 6.45) is 4.03. The van der Waals surface area contributed by atoms with Crippen molar-refractivity contribution in [2.45, 2.75) is 12.5 Å². The third kappa shape index (κ3) is 3.04. The van der Waals surface area contributed by atoms with Gasteiger partial charge in [0.05, 0.1) is 36.6 Å². The second-order valence-electron chi connectivity index (χ2n) is 7.22. The van der Waals surface area contributed by atoms with Crippen molar-refractivity contribution in [2.75, 3.05) is 13.7 Å². The van der Waals surface area contributed by atoms with Gasteiger partial charge in [-0.05, 0) is 17.7 Å². The number of carbonyl (C=O) groups is 1. The van der Waals surface area contributed by atoms with E-state index in [9.17, 15) is 4.79 Å². The van der Waals surface area contributed by atoms with Gasteiger partial charge in [-0.1, -0.05) is 42.5 Å². The zero-order valence-corrected chi connectivity index (χ0v) is 16.5. The van der Waals surface area contributed by atoms with Crippen molar-refractivity contribution in [1.29, 1.82) is 0 Å². The molecule has 150 valence electrons. The van der Waals surface area contributed by atoms with Gasteiger partial charge in [-0.2, -0.15) is 5.10 Å². The van der Waals surface area contributed by atoms with Crippen LogP contribution in [0.25, 0.3) is 11.3 Å². The lowest BCUT2D eigenvalue weighted by Gasteiger charge is -2.35. The fourth-order valence-electron chi connectivity index (χ4n) is 4.05. The molecule has 5 rings (SSSR count). The van der Waals surface area contributed by atoms with E-state index in [2.05, 4.69) is 20.2 Å². The maximum atomic E-state index is 13.7. The van der Waals surface area contributed by atoms with Gasteiger partial charge in [-0.15, -0.1) is 0 Å². The highest BCUT2D eigenvalue weighted by Gasteiger charge is 2.35. The van der Waals surface area contributed by atoms with Crippen LogP contribution in [-0.4, -0.2) is 44.6 Å². The molecule has 7 nitrogen and oxygen atoms in total. The van der Waals surface area contributed by atoms with E-state index in [0.29, 0.717) is 12.1 Å². The quantitative estimate of drug-likeness (QED) is 0.549. The van der Waals surface area contributed by atoms with Crippen LogP contribution >= 0.6 is 0 Å². The molecule has 1 atom stereocenters. The molecular formula is C23H21N5O2. The molecule has 7 heteroatoms. The molecule has 0 aliphatic carbocycles. The topological polar surface area (TPSA) is 86.9 Å². The second kappa shape index (κ2) is 7.51. The number of methoxy groups -OCH3 is 1. The van der Waals surface area contributed by atoms with E-state index >= 15 is 0 Å². The number of aromatic nitrogens is 4. The molecule has 2 aromatic heterocycles. The third-order valence-electron chi connectivity index (χ3n) is 5.55. The molecule has 2 aromatic carbocycles. The number of hydrogen-bond donors (Lipinski definition) is 2. The summed E-state index contributed by atoms with van der Waals surface area (Å²) in [4.78, 5) is 23.3. The summed E-state index contributed by atoms with van der Waals surface area (Å²) in [6.45, 7) is 0.587. The first kappa shape index (κ1) is 18.2. The number of imidazole rings is 1. The van der Waals surface area contributed by atoms with E-state index in [1.54, 1.807) is 19.6 Å². The summed E-state index contributed by atoms with van der Waals surface area (Å²) < 4.78 is 5.29. The molecule has 1 aliphatic heterocycles. The first-order chi connectivity index (χ1) is 14.8. The molecule has 0 radical (unpaired) electrons. The summed E-state index contributed by atoms with van der Waals surface area (Å²) in [6, 6.07) is 17.3. The van der Waals surface area contributed by atoms with Gasteiger partial charge in [-0.3, -0.25) is 9.89 Å². The van der Waals surface area contributed by atoms with Crippen LogP contribution in [0, 0.1) is 0 Å². The van der Waals surface area contributed by atoms with Crippen LogP contribution in [0.2, 0.25) is 0 Å². The van der Waals surface area contributed by atoms with Gasteiger partial charge in [0.25, 0.3) is 5.91 Å². The van der Waals surface area contributed by atoms with Gasteiger partial charge in [-0.25, -0.2) is 4.98 Å². The third-order valence-corrected chi connectivity index (χ3v) is 5.55. The van der Waals surface area contributed by atoms with Crippen molar-refractivity contribution >= 4 is 5.91 Å². The number of ether oxygens (including phenoxy) is 1. The molecule has 30 heavy (non-hydrogen) atoms. The Morgan fingerprint density at radius 3 is 2.70 bits per heavy atom. The first-order valence-corrected chi connectivity index (χ1v) is 9.82. The average molecular weight is 399 g/mol. The van der Waals surface area contributed by atoms with Crippen molar-refractivity contribution in [3.05, 3.63) is 89.6 Å². The number of amides is 1. The highest BCUT2D eigenvalue weighted by Crippen LogP contribution is 2.36. The molecule has 0 bridgehead atoms. The molecule has 0 unspecified atom stereocenters. The molecule has 1 amide bonds. The Balaban J connectivity index is 1.56. The van der Waals surface area contributed by atoms with E-state index in [0.717, 1.165) is 40.4 Å². The second-order valence-corrected chi connectivity index (χ2v) is 7.22. The van der Waals surface area contributed by atoms with Crippen LogP contribution in [0.4, 0.5) is 0 Å². The standard InChI is InChI=1S/C23H21N5O2/c1-30-17-9-7-16(8-10-17)22-21-19(24-14-25-21)11-12-28(22)23(29)18-13-26-27-20(18)15-5-3-2-4-6-15/h2-10,13-14,22H,11-12H2,1H3,(H,24,25)(H,26,27)/t22-/m1/s1. The van der Waals surface area contributed by atoms with Crippen molar-refractivity contribution in [3.8, 4) is 17.0 Å². The molecule has 0 fully saturated rings. The number of H-pyrrole nitrogens is 2. The summed E-state index contributed by atoms with van der Waals surface area (Å²) in [5.74, 6) is 0.702. The number of nitrogens with one attached hydrogen (secondary N) is 2. The van der Waals surface area contributed by atoms with Crippen molar-refractivity contribution < 1.29 is 9.53 Å². The minimum atomic E-state index is -0.281. The molecular weight excluding hydrogens is 378 g/mol. The highest BCUT2D eigenvalue weighted by atomic mass is 16.5. The molecule has 2 N–H and O–H groups in total. The zero-order valence-electron chi connectivity index (χ0n) is 16.5. The molecule has 0 saturated heterocycles. The Labute approximate surface area is 173 Å². The monoisotopic (exact) mass is 399 g/mol. The van der Waals surface area contributed by atoms with Gasteiger partial charge >= 0.3 is 0 Å². The van der Waals surface area contributed by atoms with E-state index in [-0.39, 0.29) is 11.9 Å². The van der Waals surface area contributed by atoms with E-state index in [1.807, 2.05) is 59.5 Å². The fraction of sp³-hybridized carbons (Fsp3) is 0.174. The summed E-state index contributed by atoms with van der Waals surface area (Å²) in [5, 5.41) is 7.15. The molecule has 1 aliphatic rings. The van der Waals surface area contributed by atoms with E-state index in [1.165, 1.54) is 0 Å². The smallest absolute Gasteiger partial charge is 0.258 e. The largest absolute Gasteiger partial charge is 0.497 e. The lowest BCUT2D eigenvalue weighted by atomic mass is 9.94. The predicted molar refractivity (Wildman–Crippen MR) is 112 cm³/mol. The van der Waals surface area contributed by atoms with Gasteiger partial charge in [0, 0.05) is 24.2 Å². The van der Waals surface area contributed by atoms with Crippen molar-refractivity contribution in [3.63, 3.8) is 0 Å². The number of aromatic amines is 2. The van der Waals surface area contributed by atoms with E-state index < -0.39 is 0 Å². The van der Waals surface area contributed by atoms with Crippen LogP contribution < -0.4 is 4.74 Å². The Kier molecular flexibility index (Phi) is 4.55. The number of rotatable bonds is 4. The van der Waals surface area contributed by atoms with Gasteiger partial charge in [0.2, 0.25) is 0 Å². The van der Waals surface area contributed by atoms with Crippen LogP contribution in [0.3, 0.4) is 0 Å². The van der Waals surface area contributed by atoms with E-state index in [4.69, 9.17) is 4.74 Å². The van der Waals surface area contributed by atoms with Crippen LogP contribution in [0.1, 0.15) is 33.4 Å². The first-order valence-electron chi connectivity index (χ1n) is 9.82. The molecule has 0 spiro atoms. The minimum Gasteiger partial charge on any atom is -0.497 e. The summed E-state index contributed by atoms with van der Waals surface area (Å²) in [5.41, 5.74) is 5.14. The number of hydrogen-bond acceptors (Lipinski definition) is 4. The van der Waals surface area contributed by atoms with Crippen LogP contribution in [0.5, 0.6) is 5.75 Å². The van der Waals surface area contributed by atoms with Gasteiger partial charge in [0.1, 0.15) is 11.8 Å². The number of nitrogens with zero attached hydrogens (tertiary/aromatic N) is 3. The summed E-state index contributed by atoms with van der Waals surface area (Å²) in [7, 11) is 1.64. The molecule has 0 saturated carbocycles. The number of benzene rings is 2. The summed E-state index contributed by atoms with van der Waals surface area (Å²) >= 11 is 0. The Morgan fingerprint density at radius 1 is 1.13 bits per heavy atom. The van der Waals surface area contributed by atoms with Crippen molar-refractivity contribution in [2.24, 2.45) is 0 Å². The number of fused-ring (bicyclic) bond motifs is 1. The zero-order chi connectivity index (χ0) is 20.5. The maximum absolute atomic E-state index is 13.7. The molecule has 3 heterocycles. The van der Waals surface area contributed by atoms with Crippen molar-refractivity contribution in [1.82, 2.24) is 25.1 Å². The Morgan fingerprint density at radius 2 is 1.93 bits per heavy atom.